The highest BCUT2D eigenvalue weighted by atomic mass is 14.9. The third-order valence-electron chi connectivity index (χ3n) is 3.03. The summed E-state index contributed by atoms with van der Waals surface area (Å²) in [5.41, 5.74) is 2.71. The van der Waals surface area contributed by atoms with Gasteiger partial charge in [-0.1, -0.05) is 6.92 Å². The average molecular weight is 174 g/mol. The summed E-state index contributed by atoms with van der Waals surface area (Å²) in [5.74, 6) is 2.58. The van der Waals surface area contributed by atoms with E-state index in [2.05, 4.69) is 23.1 Å². The lowest BCUT2D eigenvalue weighted by Gasteiger charge is -2.00. The SMILES string of the molecule is CC1Cc2cnc(C3CC3)nc2C1. The van der Waals surface area contributed by atoms with Gasteiger partial charge in [-0.2, -0.15) is 0 Å². The number of hydrogen-bond acceptors (Lipinski definition) is 2. The average Bonchev–Trinajstić information content (AvgIpc) is 2.87. The van der Waals surface area contributed by atoms with Crippen molar-refractivity contribution < 1.29 is 0 Å². The van der Waals surface area contributed by atoms with Crippen molar-refractivity contribution in [3.63, 3.8) is 0 Å². The Labute approximate surface area is 78.4 Å². The molecule has 2 nitrogen and oxygen atoms in total. The molecule has 0 amide bonds. The van der Waals surface area contributed by atoms with Gasteiger partial charge in [0.15, 0.2) is 0 Å². The third kappa shape index (κ3) is 1.25. The Morgan fingerprint density at radius 1 is 1.31 bits per heavy atom. The van der Waals surface area contributed by atoms with Crippen LogP contribution < -0.4 is 0 Å². The summed E-state index contributed by atoms with van der Waals surface area (Å²) >= 11 is 0. The van der Waals surface area contributed by atoms with Crippen LogP contribution in [0.4, 0.5) is 0 Å². The minimum absolute atomic E-state index is 0.696. The highest BCUT2D eigenvalue weighted by Crippen LogP contribution is 2.38. The van der Waals surface area contributed by atoms with Crippen LogP contribution >= 0.6 is 0 Å². The first kappa shape index (κ1) is 7.48. The largest absolute Gasteiger partial charge is 0.241 e. The zero-order valence-corrected chi connectivity index (χ0v) is 7.95. The zero-order valence-electron chi connectivity index (χ0n) is 7.95. The number of nitrogens with zero attached hydrogens (tertiary/aromatic N) is 2. The fraction of sp³-hybridized carbons (Fsp3) is 0.636. The molecule has 1 atom stereocenters. The second-order valence-electron chi connectivity index (χ2n) is 4.49. The quantitative estimate of drug-likeness (QED) is 0.651. The molecule has 1 heterocycles. The summed E-state index contributed by atoms with van der Waals surface area (Å²) in [6.45, 7) is 2.29. The second-order valence-corrected chi connectivity index (χ2v) is 4.49. The lowest BCUT2D eigenvalue weighted by Crippen LogP contribution is -1.97. The van der Waals surface area contributed by atoms with E-state index in [4.69, 9.17) is 0 Å². The van der Waals surface area contributed by atoms with Crippen LogP contribution in [0.1, 0.15) is 42.8 Å². The van der Waals surface area contributed by atoms with Crippen LogP contribution in [0.15, 0.2) is 6.20 Å². The first-order valence-electron chi connectivity index (χ1n) is 5.17. The summed E-state index contributed by atoms with van der Waals surface area (Å²) in [6, 6.07) is 0. The lowest BCUT2D eigenvalue weighted by atomic mass is 10.1. The van der Waals surface area contributed by atoms with Gasteiger partial charge in [0.1, 0.15) is 5.82 Å². The smallest absolute Gasteiger partial charge is 0.131 e. The molecule has 0 aliphatic heterocycles. The maximum absolute atomic E-state index is 4.65. The minimum atomic E-state index is 0.696. The third-order valence-corrected chi connectivity index (χ3v) is 3.03. The molecule has 2 heteroatoms. The molecule has 0 N–H and O–H groups in total. The molecule has 0 aromatic carbocycles. The van der Waals surface area contributed by atoms with Crippen molar-refractivity contribution in [2.75, 3.05) is 0 Å². The van der Waals surface area contributed by atoms with Crippen LogP contribution in [0, 0.1) is 5.92 Å². The van der Waals surface area contributed by atoms with Crippen LogP contribution in [0.5, 0.6) is 0 Å². The molecular formula is C11H14N2. The van der Waals surface area contributed by atoms with Crippen LogP contribution in [0.2, 0.25) is 0 Å². The van der Waals surface area contributed by atoms with Crippen molar-refractivity contribution in [1.29, 1.82) is 0 Å². The molecule has 13 heavy (non-hydrogen) atoms. The molecule has 1 saturated carbocycles. The Morgan fingerprint density at radius 2 is 2.15 bits per heavy atom. The fourth-order valence-corrected chi connectivity index (χ4v) is 2.12. The highest BCUT2D eigenvalue weighted by molar-refractivity contribution is 5.25. The summed E-state index contributed by atoms with van der Waals surface area (Å²) in [7, 11) is 0. The molecule has 1 fully saturated rings. The summed E-state index contributed by atoms with van der Waals surface area (Å²) < 4.78 is 0. The summed E-state index contributed by atoms with van der Waals surface area (Å²) in [4.78, 5) is 9.09. The van der Waals surface area contributed by atoms with Gasteiger partial charge in [0.05, 0.1) is 0 Å². The first-order valence-corrected chi connectivity index (χ1v) is 5.17. The zero-order chi connectivity index (χ0) is 8.84. The molecule has 0 bridgehead atoms. The molecule has 0 spiro atoms. The van der Waals surface area contributed by atoms with Gasteiger partial charge in [0.2, 0.25) is 0 Å². The molecule has 2 aliphatic rings. The maximum atomic E-state index is 4.65. The number of hydrogen-bond donors (Lipinski definition) is 0. The number of aromatic nitrogens is 2. The monoisotopic (exact) mass is 174 g/mol. The van der Waals surface area contributed by atoms with Crippen molar-refractivity contribution in [3.8, 4) is 0 Å². The predicted molar refractivity (Wildman–Crippen MR) is 50.6 cm³/mol. The van der Waals surface area contributed by atoms with Crippen molar-refractivity contribution in [3.05, 3.63) is 23.3 Å². The van der Waals surface area contributed by atoms with Crippen LogP contribution in [-0.4, -0.2) is 9.97 Å². The van der Waals surface area contributed by atoms with E-state index in [-0.39, 0.29) is 0 Å². The van der Waals surface area contributed by atoms with Gasteiger partial charge in [-0.15, -0.1) is 0 Å². The van der Waals surface area contributed by atoms with Gasteiger partial charge >= 0.3 is 0 Å². The fourth-order valence-electron chi connectivity index (χ4n) is 2.12. The number of rotatable bonds is 1. The molecule has 2 aliphatic carbocycles. The Bertz CT molecular complexity index is 342. The standard InChI is InChI=1S/C11H14N2/c1-7-4-9-6-12-11(8-2-3-8)13-10(9)5-7/h6-8H,2-5H2,1H3. The molecule has 0 radical (unpaired) electrons. The van der Waals surface area contributed by atoms with Crippen molar-refractivity contribution in [1.82, 2.24) is 9.97 Å². The van der Waals surface area contributed by atoms with Crippen LogP contribution in [0.3, 0.4) is 0 Å². The van der Waals surface area contributed by atoms with E-state index in [1.54, 1.807) is 0 Å². The highest BCUT2D eigenvalue weighted by Gasteiger charge is 2.28. The number of fused-ring (bicyclic) bond motifs is 1. The molecule has 68 valence electrons. The van der Waals surface area contributed by atoms with Crippen molar-refractivity contribution >= 4 is 0 Å². The topological polar surface area (TPSA) is 25.8 Å². The van der Waals surface area contributed by atoms with E-state index in [9.17, 15) is 0 Å². The Kier molecular flexibility index (Phi) is 1.46. The Morgan fingerprint density at radius 3 is 2.92 bits per heavy atom. The van der Waals surface area contributed by atoms with Gasteiger partial charge < -0.3 is 0 Å². The van der Waals surface area contributed by atoms with Gasteiger partial charge in [-0.05, 0) is 37.2 Å². The van der Waals surface area contributed by atoms with Crippen molar-refractivity contribution in [2.45, 2.75) is 38.5 Å². The molecule has 0 saturated heterocycles. The van der Waals surface area contributed by atoms with Gasteiger partial charge in [0, 0.05) is 17.8 Å². The molecule has 3 rings (SSSR count). The van der Waals surface area contributed by atoms with E-state index in [1.165, 1.54) is 30.5 Å². The molecule has 1 unspecified atom stereocenters. The second kappa shape index (κ2) is 2.53. The lowest BCUT2D eigenvalue weighted by molar-refractivity contribution is 0.623. The van der Waals surface area contributed by atoms with E-state index < -0.39 is 0 Å². The van der Waals surface area contributed by atoms with E-state index in [0.29, 0.717) is 5.92 Å². The van der Waals surface area contributed by atoms with Crippen LogP contribution in [-0.2, 0) is 12.8 Å². The Balaban J connectivity index is 1.98. The summed E-state index contributed by atoms with van der Waals surface area (Å²) in [5, 5.41) is 0. The van der Waals surface area contributed by atoms with Gasteiger partial charge in [-0.3, -0.25) is 0 Å². The minimum Gasteiger partial charge on any atom is -0.241 e. The molecule has 1 aromatic rings. The van der Waals surface area contributed by atoms with E-state index in [0.717, 1.165) is 18.2 Å². The first-order chi connectivity index (χ1) is 6.33. The molecular weight excluding hydrogens is 160 g/mol. The van der Waals surface area contributed by atoms with Gasteiger partial charge in [0.25, 0.3) is 0 Å². The summed E-state index contributed by atoms with van der Waals surface area (Å²) in [6.07, 6.45) is 7.00. The van der Waals surface area contributed by atoms with Crippen molar-refractivity contribution in [2.24, 2.45) is 5.92 Å². The van der Waals surface area contributed by atoms with E-state index in [1.807, 2.05) is 0 Å². The maximum Gasteiger partial charge on any atom is 0.131 e. The van der Waals surface area contributed by atoms with E-state index >= 15 is 0 Å². The normalized spacial score (nSPS) is 26.1. The van der Waals surface area contributed by atoms with Gasteiger partial charge in [-0.25, -0.2) is 9.97 Å². The molecule has 1 aromatic heterocycles. The van der Waals surface area contributed by atoms with Crippen LogP contribution in [0.25, 0.3) is 0 Å². The predicted octanol–water partition coefficient (Wildman–Crippen LogP) is 2.09. The Hall–Kier alpha value is -0.920.